The second-order valence-corrected chi connectivity index (χ2v) is 7.26. The van der Waals surface area contributed by atoms with Crippen LogP contribution in [0.15, 0.2) is 40.7 Å². The molecule has 0 bridgehead atoms. The van der Waals surface area contributed by atoms with Gasteiger partial charge < -0.3 is 24.6 Å². The van der Waals surface area contributed by atoms with Crippen molar-refractivity contribution in [3.05, 3.63) is 41.3 Å². The van der Waals surface area contributed by atoms with Gasteiger partial charge in [0.05, 0.1) is 19.2 Å². The van der Waals surface area contributed by atoms with Crippen LogP contribution in [0.4, 0.5) is 5.00 Å². The first-order valence-electron chi connectivity index (χ1n) is 9.20. The highest BCUT2D eigenvalue weighted by molar-refractivity contribution is 7.14. The number of piperazine rings is 1. The Morgan fingerprint density at radius 2 is 1.89 bits per heavy atom. The Kier molecular flexibility index (Phi) is 6.81. The third-order valence-corrected chi connectivity index (χ3v) is 5.68. The molecule has 1 N–H and O–H groups in total. The molecule has 0 atom stereocenters. The number of hydrogen-bond donors (Lipinski definition) is 1. The molecule has 7 heteroatoms. The van der Waals surface area contributed by atoms with Crippen LogP contribution in [-0.2, 0) is 6.42 Å². The number of nitrogens with zero attached hydrogens (tertiary/aromatic N) is 3. The molecular weight excluding hydrogens is 360 g/mol. The molecule has 1 saturated heterocycles. The number of thiophene rings is 1. The molecule has 1 aliphatic heterocycles. The van der Waals surface area contributed by atoms with Gasteiger partial charge in [0, 0.05) is 39.8 Å². The van der Waals surface area contributed by atoms with Gasteiger partial charge in [-0.05, 0) is 41.6 Å². The summed E-state index contributed by atoms with van der Waals surface area (Å²) >= 11 is 1.80. The Hall–Kier alpha value is -2.41. The number of aliphatic imine (C=N–C) groups is 1. The first kappa shape index (κ1) is 19.4. The van der Waals surface area contributed by atoms with E-state index in [1.165, 1.54) is 10.6 Å². The van der Waals surface area contributed by atoms with E-state index in [4.69, 9.17) is 9.47 Å². The molecule has 2 aromatic rings. The molecule has 1 aromatic heterocycles. The highest BCUT2D eigenvalue weighted by Crippen LogP contribution is 2.27. The molecule has 3 rings (SSSR count). The normalized spacial score (nSPS) is 15.0. The summed E-state index contributed by atoms with van der Waals surface area (Å²) in [6.45, 7) is 4.84. The fourth-order valence-electron chi connectivity index (χ4n) is 3.28. The molecule has 6 nitrogen and oxygen atoms in total. The first-order valence-corrected chi connectivity index (χ1v) is 10.1. The highest BCUT2D eigenvalue weighted by Gasteiger charge is 2.20. The maximum absolute atomic E-state index is 5.38. The summed E-state index contributed by atoms with van der Waals surface area (Å²) in [5.74, 6) is 2.50. The molecule has 0 spiro atoms. The summed E-state index contributed by atoms with van der Waals surface area (Å²) in [7, 11) is 5.17. The maximum Gasteiger partial charge on any atom is 0.193 e. The van der Waals surface area contributed by atoms with Gasteiger partial charge in [-0.1, -0.05) is 6.07 Å². The fourth-order valence-corrected chi connectivity index (χ4v) is 4.06. The predicted molar refractivity (Wildman–Crippen MR) is 113 cm³/mol. The second kappa shape index (κ2) is 9.50. The zero-order valence-corrected chi connectivity index (χ0v) is 17.1. The number of hydrogen-bond acceptors (Lipinski definition) is 5. The van der Waals surface area contributed by atoms with E-state index < -0.39 is 0 Å². The van der Waals surface area contributed by atoms with Gasteiger partial charge in [-0.2, -0.15) is 0 Å². The third-order valence-electron chi connectivity index (χ3n) is 4.75. The molecule has 0 unspecified atom stereocenters. The van der Waals surface area contributed by atoms with Crippen LogP contribution < -0.4 is 19.7 Å². The molecule has 27 heavy (non-hydrogen) atoms. The van der Waals surface area contributed by atoms with E-state index in [1.54, 1.807) is 25.6 Å². The lowest BCUT2D eigenvalue weighted by molar-refractivity contribution is 0.354. The monoisotopic (exact) mass is 388 g/mol. The highest BCUT2D eigenvalue weighted by atomic mass is 32.1. The van der Waals surface area contributed by atoms with E-state index in [1.807, 2.05) is 19.2 Å². The van der Waals surface area contributed by atoms with Crippen LogP contribution in [0.1, 0.15) is 5.56 Å². The summed E-state index contributed by atoms with van der Waals surface area (Å²) in [4.78, 5) is 9.24. The zero-order chi connectivity index (χ0) is 19.1. The number of anilines is 1. The van der Waals surface area contributed by atoms with Crippen molar-refractivity contribution in [1.29, 1.82) is 0 Å². The minimum absolute atomic E-state index is 0.758. The SMILES string of the molecule is CN=C(NCCc1ccc(OC)c(OC)c1)N1CCN(c2cccs2)CC1. The molecule has 0 aliphatic carbocycles. The predicted octanol–water partition coefficient (Wildman–Crippen LogP) is 2.71. The van der Waals surface area contributed by atoms with E-state index >= 15 is 0 Å². The van der Waals surface area contributed by atoms with E-state index in [9.17, 15) is 0 Å². The molecule has 146 valence electrons. The van der Waals surface area contributed by atoms with Crippen LogP contribution in [0.2, 0.25) is 0 Å². The largest absolute Gasteiger partial charge is 0.493 e. The summed E-state index contributed by atoms with van der Waals surface area (Å²) in [6, 6.07) is 10.4. The topological polar surface area (TPSA) is 49.3 Å². The molecule has 2 heterocycles. The van der Waals surface area contributed by atoms with Crippen molar-refractivity contribution in [3.8, 4) is 11.5 Å². The van der Waals surface area contributed by atoms with Gasteiger partial charge in [-0.15, -0.1) is 11.3 Å². The average Bonchev–Trinajstić information content (AvgIpc) is 3.26. The van der Waals surface area contributed by atoms with Crippen molar-refractivity contribution in [1.82, 2.24) is 10.2 Å². The lowest BCUT2D eigenvalue weighted by Gasteiger charge is -2.37. The standard InChI is InChI=1S/C20H28N4O2S/c1-21-20(24-12-10-23(11-13-24)19-5-4-14-27-19)22-9-8-16-6-7-17(25-2)18(15-16)26-3/h4-7,14-15H,8-13H2,1-3H3,(H,21,22). The second-order valence-electron chi connectivity index (χ2n) is 6.34. The van der Waals surface area contributed by atoms with Crippen molar-refractivity contribution in [3.63, 3.8) is 0 Å². The summed E-state index contributed by atoms with van der Waals surface area (Å²) in [5.41, 5.74) is 1.21. The number of guanidine groups is 1. The van der Waals surface area contributed by atoms with Gasteiger partial charge >= 0.3 is 0 Å². The molecule has 1 fully saturated rings. The van der Waals surface area contributed by atoms with Crippen LogP contribution in [0.25, 0.3) is 0 Å². The molecule has 1 aliphatic rings. The van der Waals surface area contributed by atoms with Crippen molar-refractivity contribution < 1.29 is 9.47 Å². The molecule has 1 aromatic carbocycles. The van der Waals surface area contributed by atoms with Crippen LogP contribution >= 0.6 is 11.3 Å². The van der Waals surface area contributed by atoms with E-state index in [0.717, 1.165) is 56.6 Å². The van der Waals surface area contributed by atoms with Gasteiger partial charge in [0.1, 0.15) is 0 Å². The lowest BCUT2D eigenvalue weighted by atomic mass is 10.1. The minimum atomic E-state index is 0.758. The Balaban J connectivity index is 1.48. The average molecular weight is 389 g/mol. The van der Waals surface area contributed by atoms with E-state index in [-0.39, 0.29) is 0 Å². The van der Waals surface area contributed by atoms with Crippen molar-refractivity contribution >= 4 is 22.3 Å². The summed E-state index contributed by atoms with van der Waals surface area (Å²) in [6.07, 6.45) is 0.897. The molecule has 0 amide bonds. The summed E-state index contributed by atoms with van der Waals surface area (Å²) < 4.78 is 10.7. The van der Waals surface area contributed by atoms with E-state index in [2.05, 4.69) is 43.7 Å². The van der Waals surface area contributed by atoms with Crippen molar-refractivity contribution in [2.75, 3.05) is 58.9 Å². The molecule has 0 radical (unpaired) electrons. The Labute approximate surface area is 165 Å². The maximum atomic E-state index is 5.38. The van der Waals surface area contributed by atoms with Crippen LogP contribution in [-0.4, -0.2) is 64.9 Å². The zero-order valence-electron chi connectivity index (χ0n) is 16.3. The smallest absolute Gasteiger partial charge is 0.193 e. The third kappa shape index (κ3) is 4.86. The number of benzene rings is 1. The lowest BCUT2D eigenvalue weighted by Crippen LogP contribution is -2.52. The fraction of sp³-hybridized carbons (Fsp3) is 0.450. The van der Waals surface area contributed by atoms with Gasteiger partial charge in [0.2, 0.25) is 0 Å². The van der Waals surface area contributed by atoms with Crippen molar-refractivity contribution in [2.45, 2.75) is 6.42 Å². The van der Waals surface area contributed by atoms with Crippen LogP contribution in [0.3, 0.4) is 0 Å². The number of methoxy groups -OCH3 is 2. The van der Waals surface area contributed by atoms with Gasteiger partial charge in [-0.25, -0.2) is 0 Å². The quantitative estimate of drug-likeness (QED) is 0.609. The van der Waals surface area contributed by atoms with Gasteiger partial charge in [-0.3, -0.25) is 4.99 Å². The van der Waals surface area contributed by atoms with Gasteiger partial charge in [0.25, 0.3) is 0 Å². The van der Waals surface area contributed by atoms with Crippen LogP contribution in [0, 0.1) is 0 Å². The van der Waals surface area contributed by atoms with Crippen molar-refractivity contribution in [2.24, 2.45) is 4.99 Å². The van der Waals surface area contributed by atoms with Gasteiger partial charge in [0.15, 0.2) is 17.5 Å². The number of ether oxygens (including phenoxy) is 2. The number of nitrogens with one attached hydrogen (secondary N) is 1. The Bertz CT molecular complexity index is 740. The molecule has 0 saturated carbocycles. The Morgan fingerprint density at radius 3 is 2.52 bits per heavy atom. The minimum Gasteiger partial charge on any atom is -0.493 e. The van der Waals surface area contributed by atoms with E-state index in [0.29, 0.717) is 0 Å². The Morgan fingerprint density at radius 1 is 1.11 bits per heavy atom. The first-order chi connectivity index (χ1) is 13.2. The summed E-state index contributed by atoms with van der Waals surface area (Å²) in [5, 5.41) is 6.98. The molecular formula is C20H28N4O2S. The number of rotatable bonds is 6. The van der Waals surface area contributed by atoms with Crippen LogP contribution in [0.5, 0.6) is 11.5 Å².